The van der Waals surface area contributed by atoms with Crippen molar-refractivity contribution in [2.45, 2.75) is 6.92 Å². The normalized spacial score (nSPS) is 9.89. The molecule has 0 aromatic carbocycles. The first-order valence-corrected chi connectivity index (χ1v) is 2.29. The van der Waals surface area contributed by atoms with Crippen LogP contribution in [0, 0.1) is 0 Å². The molecule has 1 N–H and O–H groups in total. The van der Waals surface area contributed by atoms with Gasteiger partial charge in [0.1, 0.15) is 0 Å². The zero-order valence-electron chi connectivity index (χ0n) is 5.00. The molecular weight excluding hydrogens is 163 g/mol. The van der Waals surface area contributed by atoms with Crippen molar-refractivity contribution in [1.82, 2.24) is 0 Å². The maximum absolute atomic E-state index is 9.75. The van der Waals surface area contributed by atoms with E-state index < -0.39 is 5.97 Å². The van der Waals surface area contributed by atoms with E-state index in [1.54, 1.807) is 12.2 Å². The van der Waals surface area contributed by atoms with Crippen molar-refractivity contribution in [2.24, 2.45) is 0 Å². The minimum atomic E-state index is -0.914. The van der Waals surface area contributed by atoms with E-state index in [1.165, 1.54) is 6.08 Å². The third-order valence-electron chi connectivity index (χ3n) is 0.542. The van der Waals surface area contributed by atoms with E-state index in [1.807, 2.05) is 6.92 Å². The first-order chi connectivity index (χ1) is 3.77. The van der Waals surface area contributed by atoms with Gasteiger partial charge >= 0.3 is 5.97 Å². The summed E-state index contributed by atoms with van der Waals surface area (Å²) in [6.07, 6.45) is 5.98. The number of carboxylic acids is 1. The van der Waals surface area contributed by atoms with Gasteiger partial charge in [0.15, 0.2) is 0 Å². The maximum Gasteiger partial charge on any atom is 0.328 e. The molecule has 53 valence electrons. The molecule has 0 aliphatic heterocycles. The molecule has 0 aromatic rings. The summed E-state index contributed by atoms with van der Waals surface area (Å²) in [4.78, 5) is 9.75. The maximum atomic E-state index is 9.75. The van der Waals surface area contributed by atoms with Gasteiger partial charge < -0.3 is 5.11 Å². The van der Waals surface area contributed by atoms with Gasteiger partial charge in [-0.2, -0.15) is 0 Å². The van der Waals surface area contributed by atoms with Gasteiger partial charge in [-0.25, -0.2) is 4.79 Å². The topological polar surface area (TPSA) is 37.3 Å². The molecule has 0 spiro atoms. The van der Waals surface area contributed by atoms with E-state index in [4.69, 9.17) is 5.11 Å². The predicted molar refractivity (Wildman–Crippen MR) is 31.6 cm³/mol. The van der Waals surface area contributed by atoms with Gasteiger partial charge in [-0.3, -0.25) is 0 Å². The third kappa shape index (κ3) is 11.2. The van der Waals surface area contributed by atoms with Gasteiger partial charge in [0.05, 0.1) is 0 Å². The van der Waals surface area contributed by atoms with Crippen molar-refractivity contribution < 1.29 is 26.7 Å². The molecule has 0 bridgehead atoms. The van der Waals surface area contributed by atoms with Gasteiger partial charge in [0.2, 0.25) is 0 Å². The molecule has 0 fully saturated rings. The average Bonchev–Trinajstić information content (AvgIpc) is 1.66. The van der Waals surface area contributed by atoms with E-state index in [9.17, 15) is 4.79 Å². The molecule has 0 aliphatic rings. The molecule has 0 heterocycles. The van der Waals surface area contributed by atoms with Gasteiger partial charge in [0.25, 0.3) is 0 Å². The molecule has 0 amide bonds. The Morgan fingerprint density at radius 3 is 2.33 bits per heavy atom. The van der Waals surface area contributed by atoms with Crippen molar-refractivity contribution in [1.29, 1.82) is 0 Å². The number of hydrogen-bond acceptors (Lipinski definition) is 1. The molecule has 0 unspecified atom stereocenters. The van der Waals surface area contributed by atoms with Gasteiger partial charge in [-0.05, 0) is 6.92 Å². The van der Waals surface area contributed by atoms with Crippen molar-refractivity contribution >= 4 is 5.97 Å². The van der Waals surface area contributed by atoms with Crippen LogP contribution in [0.1, 0.15) is 6.92 Å². The molecule has 0 aliphatic carbocycles. The van der Waals surface area contributed by atoms with Crippen LogP contribution in [0.3, 0.4) is 0 Å². The van der Waals surface area contributed by atoms with Crippen LogP contribution in [0.2, 0.25) is 0 Å². The van der Waals surface area contributed by atoms with Gasteiger partial charge in [-0.1, -0.05) is 18.2 Å². The second-order valence-corrected chi connectivity index (χ2v) is 1.22. The summed E-state index contributed by atoms with van der Waals surface area (Å²) in [5, 5.41) is 8.02. The summed E-state index contributed by atoms with van der Waals surface area (Å²) in [6.45, 7) is 1.83. The molecule has 0 rings (SSSR count). The molecule has 0 saturated carbocycles. The van der Waals surface area contributed by atoms with Crippen LogP contribution in [0.4, 0.5) is 0 Å². The number of carbonyl (C=O) groups is 1. The minimum absolute atomic E-state index is 0. The first kappa shape index (κ1) is 11.3. The number of aliphatic carboxylic acids is 1. The molecule has 0 atom stereocenters. The molecular formula is C6H8CoO2. The fourth-order valence-electron chi connectivity index (χ4n) is 0.249. The van der Waals surface area contributed by atoms with Crippen LogP contribution < -0.4 is 0 Å². The second kappa shape index (κ2) is 7.46. The molecule has 9 heavy (non-hydrogen) atoms. The fourth-order valence-corrected chi connectivity index (χ4v) is 0.249. The number of allylic oxidation sites excluding steroid dienone is 3. The molecule has 2 nitrogen and oxygen atoms in total. The Morgan fingerprint density at radius 2 is 2.00 bits per heavy atom. The number of rotatable bonds is 2. The Bertz CT molecular complexity index is 127. The van der Waals surface area contributed by atoms with Crippen molar-refractivity contribution in [3.05, 3.63) is 24.3 Å². The Kier molecular flexibility index (Phi) is 9.34. The summed E-state index contributed by atoms with van der Waals surface area (Å²) >= 11 is 0. The quantitative estimate of drug-likeness (QED) is 0.500. The van der Waals surface area contributed by atoms with Crippen molar-refractivity contribution in [2.75, 3.05) is 0 Å². The van der Waals surface area contributed by atoms with E-state index in [-0.39, 0.29) is 16.8 Å². The third-order valence-corrected chi connectivity index (χ3v) is 0.542. The summed E-state index contributed by atoms with van der Waals surface area (Å²) in [7, 11) is 0. The molecule has 0 aromatic heterocycles. The number of carboxylic acid groups (broad SMARTS) is 1. The SMILES string of the molecule is CC=CC=CC(=O)O.[Co]. The van der Waals surface area contributed by atoms with Crippen LogP contribution in [-0.2, 0) is 21.6 Å². The van der Waals surface area contributed by atoms with Crippen molar-refractivity contribution in [3.8, 4) is 0 Å². The van der Waals surface area contributed by atoms with E-state index in [0.717, 1.165) is 6.08 Å². The molecule has 0 saturated heterocycles. The van der Waals surface area contributed by atoms with E-state index in [2.05, 4.69) is 0 Å². The van der Waals surface area contributed by atoms with Crippen LogP contribution in [0.5, 0.6) is 0 Å². The second-order valence-electron chi connectivity index (χ2n) is 1.22. The Labute approximate surface area is 64.5 Å². The Hall–Kier alpha value is -0.544. The fraction of sp³-hybridized carbons (Fsp3) is 0.167. The number of hydrogen-bond donors (Lipinski definition) is 1. The summed E-state index contributed by atoms with van der Waals surface area (Å²) < 4.78 is 0. The summed E-state index contributed by atoms with van der Waals surface area (Å²) in [5.74, 6) is -0.914. The minimum Gasteiger partial charge on any atom is -0.478 e. The Balaban J connectivity index is 0. The smallest absolute Gasteiger partial charge is 0.328 e. The van der Waals surface area contributed by atoms with Gasteiger partial charge in [-0.15, -0.1) is 0 Å². The van der Waals surface area contributed by atoms with Crippen LogP contribution in [0.15, 0.2) is 24.3 Å². The van der Waals surface area contributed by atoms with Gasteiger partial charge in [0, 0.05) is 22.9 Å². The zero-order chi connectivity index (χ0) is 6.41. The van der Waals surface area contributed by atoms with Crippen molar-refractivity contribution in [3.63, 3.8) is 0 Å². The first-order valence-electron chi connectivity index (χ1n) is 2.29. The van der Waals surface area contributed by atoms with Crippen LogP contribution >= 0.6 is 0 Å². The predicted octanol–water partition coefficient (Wildman–Crippen LogP) is 1.20. The Morgan fingerprint density at radius 1 is 1.44 bits per heavy atom. The van der Waals surface area contributed by atoms with Crippen LogP contribution in [-0.4, -0.2) is 11.1 Å². The largest absolute Gasteiger partial charge is 0.478 e. The summed E-state index contributed by atoms with van der Waals surface area (Å²) in [5.41, 5.74) is 0. The molecule has 3 heteroatoms. The standard InChI is InChI=1S/C6H8O2.Co/c1-2-3-4-5-6(7)8;/h2-5H,1H3,(H,7,8);. The van der Waals surface area contributed by atoms with E-state index >= 15 is 0 Å². The molecule has 1 radical (unpaired) electrons. The average molecular weight is 171 g/mol. The van der Waals surface area contributed by atoms with Crippen LogP contribution in [0.25, 0.3) is 0 Å². The monoisotopic (exact) mass is 171 g/mol. The summed E-state index contributed by atoms with van der Waals surface area (Å²) in [6, 6.07) is 0. The zero-order valence-corrected chi connectivity index (χ0v) is 6.04. The van der Waals surface area contributed by atoms with E-state index in [0.29, 0.717) is 0 Å².